The van der Waals surface area contributed by atoms with Crippen LogP contribution in [-0.4, -0.2) is 28.2 Å². The molecular formula is C17H18FN3O2. The van der Waals surface area contributed by atoms with E-state index >= 15 is 0 Å². The first-order chi connectivity index (χ1) is 11.0. The van der Waals surface area contributed by atoms with E-state index in [1.54, 1.807) is 24.4 Å². The highest BCUT2D eigenvalue weighted by atomic mass is 19.1. The van der Waals surface area contributed by atoms with Gasteiger partial charge in [-0.05, 0) is 29.8 Å². The van der Waals surface area contributed by atoms with Gasteiger partial charge in [0.2, 0.25) is 11.8 Å². The SMILES string of the molecule is CC(=O)N(CC(=O)NCc1ccccn1)Cc1ccc(F)cc1. The summed E-state index contributed by atoms with van der Waals surface area (Å²) in [6, 6.07) is 11.3. The predicted octanol–water partition coefficient (Wildman–Crippen LogP) is 1.89. The van der Waals surface area contributed by atoms with Crippen LogP contribution in [0.1, 0.15) is 18.2 Å². The van der Waals surface area contributed by atoms with Crippen LogP contribution in [0.15, 0.2) is 48.7 Å². The number of aromatic nitrogens is 1. The first-order valence-electron chi connectivity index (χ1n) is 7.21. The molecule has 2 aromatic rings. The van der Waals surface area contributed by atoms with Crippen molar-refractivity contribution in [2.45, 2.75) is 20.0 Å². The van der Waals surface area contributed by atoms with Gasteiger partial charge in [-0.1, -0.05) is 18.2 Å². The number of nitrogens with one attached hydrogen (secondary N) is 1. The summed E-state index contributed by atoms with van der Waals surface area (Å²) in [4.78, 5) is 29.2. The summed E-state index contributed by atoms with van der Waals surface area (Å²) in [6.45, 7) is 1.91. The van der Waals surface area contributed by atoms with Gasteiger partial charge in [0.05, 0.1) is 18.8 Å². The van der Waals surface area contributed by atoms with Crippen molar-refractivity contribution in [1.29, 1.82) is 0 Å². The van der Waals surface area contributed by atoms with Crippen molar-refractivity contribution in [2.24, 2.45) is 0 Å². The van der Waals surface area contributed by atoms with E-state index in [0.717, 1.165) is 11.3 Å². The summed E-state index contributed by atoms with van der Waals surface area (Å²) in [5.74, 6) is -0.827. The van der Waals surface area contributed by atoms with E-state index in [2.05, 4.69) is 10.3 Å². The molecule has 2 rings (SSSR count). The van der Waals surface area contributed by atoms with Gasteiger partial charge in [0.25, 0.3) is 0 Å². The lowest BCUT2D eigenvalue weighted by molar-refractivity contribution is -0.135. The minimum Gasteiger partial charge on any atom is -0.349 e. The number of carbonyl (C=O) groups is 2. The minimum absolute atomic E-state index is 0.0560. The summed E-state index contributed by atoms with van der Waals surface area (Å²) in [6.07, 6.45) is 1.65. The first-order valence-corrected chi connectivity index (χ1v) is 7.21. The zero-order chi connectivity index (χ0) is 16.7. The third kappa shape index (κ3) is 5.50. The molecule has 5 nitrogen and oxygen atoms in total. The zero-order valence-corrected chi connectivity index (χ0v) is 12.8. The number of halogens is 1. The number of amides is 2. The molecule has 0 bridgehead atoms. The summed E-state index contributed by atoms with van der Waals surface area (Å²) < 4.78 is 12.9. The molecule has 0 aliphatic heterocycles. The average molecular weight is 315 g/mol. The molecule has 6 heteroatoms. The molecule has 2 amide bonds. The molecule has 0 fully saturated rings. The third-order valence-electron chi connectivity index (χ3n) is 3.26. The van der Waals surface area contributed by atoms with Crippen LogP contribution >= 0.6 is 0 Å². The molecule has 1 N–H and O–H groups in total. The number of rotatable bonds is 6. The van der Waals surface area contributed by atoms with Crippen molar-refractivity contribution in [2.75, 3.05) is 6.54 Å². The number of nitrogens with zero attached hydrogens (tertiary/aromatic N) is 2. The summed E-state index contributed by atoms with van der Waals surface area (Å²) in [5.41, 5.74) is 1.51. The van der Waals surface area contributed by atoms with Gasteiger partial charge in [0.1, 0.15) is 5.82 Å². The second kappa shape index (κ2) is 8.03. The Kier molecular flexibility index (Phi) is 5.80. The Labute approximate surface area is 134 Å². The number of pyridine rings is 1. The summed E-state index contributed by atoms with van der Waals surface area (Å²) in [5, 5.41) is 2.72. The van der Waals surface area contributed by atoms with Crippen LogP contribution in [-0.2, 0) is 22.7 Å². The highest BCUT2D eigenvalue weighted by Crippen LogP contribution is 2.07. The Morgan fingerprint density at radius 2 is 1.91 bits per heavy atom. The minimum atomic E-state index is -0.337. The van der Waals surface area contributed by atoms with Crippen LogP contribution in [0, 0.1) is 5.82 Å². The average Bonchev–Trinajstić information content (AvgIpc) is 2.55. The second-order valence-electron chi connectivity index (χ2n) is 5.10. The van der Waals surface area contributed by atoms with Crippen molar-refractivity contribution in [3.05, 3.63) is 65.7 Å². The molecule has 1 heterocycles. The quantitative estimate of drug-likeness (QED) is 0.885. The Hall–Kier alpha value is -2.76. The van der Waals surface area contributed by atoms with Gasteiger partial charge >= 0.3 is 0 Å². The normalized spacial score (nSPS) is 10.2. The fourth-order valence-electron chi connectivity index (χ4n) is 2.01. The maximum Gasteiger partial charge on any atom is 0.239 e. The smallest absolute Gasteiger partial charge is 0.239 e. The van der Waals surface area contributed by atoms with Crippen LogP contribution in [0.25, 0.3) is 0 Å². The number of hydrogen-bond donors (Lipinski definition) is 1. The predicted molar refractivity (Wildman–Crippen MR) is 83.6 cm³/mol. The van der Waals surface area contributed by atoms with Gasteiger partial charge in [-0.2, -0.15) is 0 Å². The summed E-state index contributed by atoms with van der Waals surface area (Å²) in [7, 11) is 0. The van der Waals surface area contributed by atoms with Crippen molar-refractivity contribution < 1.29 is 14.0 Å². The van der Waals surface area contributed by atoms with Gasteiger partial charge in [-0.3, -0.25) is 14.6 Å². The molecule has 1 aromatic heterocycles. The molecule has 0 radical (unpaired) electrons. The van der Waals surface area contributed by atoms with E-state index in [9.17, 15) is 14.0 Å². The van der Waals surface area contributed by atoms with E-state index in [0.29, 0.717) is 6.54 Å². The highest BCUT2D eigenvalue weighted by molar-refractivity contribution is 5.83. The zero-order valence-electron chi connectivity index (χ0n) is 12.8. The molecule has 0 saturated heterocycles. The van der Waals surface area contributed by atoms with Crippen molar-refractivity contribution >= 4 is 11.8 Å². The second-order valence-corrected chi connectivity index (χ2v) is 5.10. The Morgan fingerprint density at radius 3 is 2.52 bits per heavy atom. The molecule has 0 atom stereocenters. The number of benzene rings is 1. The van der Waals surface area contributed by atoms with Gasteiger partial charge in [0.15, 0.2) is 0 Å². The lowest BCUT2D eigenvalue weighted by Crippen LogP contribution is -2.39. The van der Waals surface area contributed by atoms with Crippen LogP contribution in [0.5, 0.6) is 0 Å². The van der Waals surface area contributed by atoms with Gasteiger partial charge in [0, 0.05) is 19.7 Å². The maximum absolute atomic E-state index is 12.9. The maximum atomic E-state index is 12.9. The van der Waals surface area contributed by atoms with E-state index in [4.69, 9.17) is 0 Å². The van der Waals surface area contributed by atoms with Gasteiger partial charge in [-0.25, -0.2) is 4.39 Å². The van der Waals surface area contributed by atoms with E-state index < -0.39 is 0 Å². The number of hydrogen-bond acceptors (Lipinski definition) is 3. The molecule has 0 unspecified atom stereocenters. The third-order valence-corrected chi connectivity index (χ3v) is 3.26. The molecule has 0 aliphatic carbocycles. The topological polar surface area (TPSA) is 62.3 Å². The van der Waals surface area contributed by atoms with Crippen molar-refractivity contribution in [3.8, 4) is 0 Å². The largest absolute Gasteiger partial charge is 0.349 e. The molecular weight excluding hydrogens is 297 g/mol. The lowest BCUT2D eigenvalue weighted by atomic mass is 10.2. The lowest BCUT2D eigenvalue weighted by Gasteiger charge is -2.20. The van der Waals surface area contributed by atoms with Gasteiger partial charge < -0.3 is 10.2 Å². The van der Waals surface area contributed by atoms with Crippen LogP contribution < -0.4 is 5.32 Å². The molecule has 23 heavy (non-hydrogen) atoms. The van der Waals surface area contributed by atoms with Crippen LogP contribution in [0.3, 0.4) is 0 Å². The molecule has 0 spiro atoms. The molecule has 120 valence electrons. The standard InChI is InChI=1S/C17H18FN3O2/c1-13(22)21(11-14-5-7-15(18)8-6-14)12-17(23)20-10-16-4-2-3-9-19-16/h2-9H,10-12H2,1H3,(H,20,23). The van der Waals surface area contributed by atoms with E-state index in [-0.39, 0.29) is 30.7 Å². The van der Waals surface area contributed by atoms with E-state index in [1.807, 2.05) is 12.1 Å². The Balaban J connectivity index is 1.89. The van der Waals surface area contributed by atoms with Crippen molar-refractivity contribution in [1.82, 2.24) is 15.2 Å². The van der Waals surface area contributed by atoms with Crippen LogP contribution in [0.4, 0.5) is 4.39 Å². The summed E-state index contributed by atoms with van der Waals surface area (Å²) >= 11 is 0. The van der Waals surface area contributed by atoms with Gasteiger partial charge in [-0.15, -0.1) is 0 Å². The number of carbonyl (C=O) groups excluding carboxylic acids is 2. The first kappa shape index (κ1) is 16.6. The fourth-order valence-corrected chi connectivity index (χ4v) is 2.01. The van der Waals surface area contributed by atoms with Crippen LogP contribution in [0.2, 0.25) is 0 Å². The van der Waals surface area contributed by atoms with Crippen molar-refractivity contribution in [3.63, 3.8) is 0 Å². The van der Waals surface area contributed by atoms with E-state index in [1.165, 1.54) is 24.0 Å². The Bertz CT molecular complexity index is 659. The monoisotopic (exact) mass is 315 g/mol. The molecule has 0 saturated carbocycles. The highest BCUT2D eigenvalue weighted by Gasteiger charge is 2.14. The molecule has 1 aromatic carbocycles. The fraction of sp³-hybridized carbons (Fsp3) is 0.235. The Morgan fingerprint density at radius 1 is 1.17 bits per heavy atom. The molecule has 0 aliphatic rings.